The number of fused-ring (bicyclic) bond motifs is 1. The van der Waals surface area contributed by atoms with Crippen molar-refractivity contribution in [2.24, 2.45) is 5.92 Å². The molecular weight excluding hydrogens is 232 g/mol. The van der Waals surface area contributed by atoms with Gasteiger partial charge in [-0.2, -0.15) is 0 Å². The SMILES string of the molecule is CC(=O)Nc1nc2ccc(CC(C)C)cc2s1. The fourth-order valence-corrected chi connectivity index (χ4v) is 2.75. The van der Waals surface area contributed by atoms with Gasteiger partial charge in [-0.25, -0.2) is 4.98 Å². The Labute approximate surface area is 105 Å². The third kappa shape index (κ3) is 3.03. The first-order valence-corrected chi connectivity index (χ1v) is 6.53. The van der Waals surface area contributed by atoms with Crippen LogP contribution in [0.3, 0.4) is 0 Å². The number of amides is 1. The minimum absolute atomic E-state index is 0.0774. The highest BCUT2D eigenvalue weighted by Gasteiger charge is 2.06. The number of carbonyl (C=O) groups is 1. The molecule has 0 bridgehead atoms. The molecule has 1 N–H and O–H groups in total. The van der Waals surface area contributed by atoms with Gasteiger partial charge >= 0.3 is 0 Å². The Morgan fingerprint density at radius 1 is 1.47 bits per heavy atom. The molecule has 0 saturated carbocycles. The van der Waals surface area contributed by atoms with E-state index in [4.69, 9.17) is 0 Å². The molecule has 0 aliphatic rings. The summed E-state index contributed by atoms with van der Waals surface area (Å²) in [6.07, 6.45) is 1.07. The van der Waals surface area contributed by atoms with E-state index in [-0.39, 0.29) is 5.91 Å². The Morgan fingerprint density at radius 3 is 2.88 bits per heavy atom. The number of benzene rings is 1. The standard InChI is InChI=1S/C13H16N2OS/c1-8(2)6-10-4-5-11-12(7-10)17-13(15-11)14-9(3)16/h4-5,7-8H,6H2,1-3H3,(H,14,15,16). The summed E-state index contributed by atoms with van der Waals surface area (Å²) in [7, 11) is 0. The highest BCUT2D eigenvalue weighted by Crippen LogP contribution is 2.27. The van der Waals surface area contributed by atoms with Crippen molar-refractivity contribution < 1.29 is 4.79 Å². The molecule has 3 nitrogen and oxygen atoms in total. The zero-order valence-corrected chi connectivity index (χ0v) is 11.1. The summed E-state index contributed by atoms with van der Waals surface area (Å²) in [4.78, 5) is 15.3. The number of hydrogen-bond donors (Lipinski definition) is 1. The fraction of sp³-hybridized carbons (Fsp3) is 0.385. The third-order valence-corrected chi connectivity index (χ3v) is 3.31. The molecule has 0 fully saturated rings. The second kappa shape index (κ2) is 4.84. The highest BCUT2D eigenvalue weighted by atomic mass is 32.1. The molecule has 2 aromatic rings. The second-order valence-electron chi connectivity index (χ2n) is 4.60. The average molecular weight is 248 g/mol. The largest absolute Gasteiger partial charge is 0.302 e. The normalized spacial score (nSPS) is 11.1. The van der Waals surface area contributed by atoms with Crippen molar-refractivity contribution in [1.82, 2.24) is 4.98 Å². The van der Waals surface area contributed by atoms with Crippen molar-refractivity contribution in [2.45, 2.75) is 27.2 Å². The summed E-state index contributed by atoms with van der Waals surface area (Å²) < 4.78 is 1.13. The van der Waals surface area contributed by atoms with Gasteiger partial charge in [0.05, 0.1) is 10.2 Å². The van der Waals surface area contributed by atoms with Crippen molar-refractivity contribution in [3.05, 3.63) is 23.8 Å². The lowest BCUT2D eigenvalue weighted by Crippen LogP contribution is -2.04. The van der Waals surface area contributed by atoms with Crippen LogP contribution >= 0.6 is 11.3 Å². The summed E-state index contributed by atoms with van der Waals surface area (Å²) >= 11 is 1.52. The minimum Gasteiger partial charge on any atom is -0.302 e. The molecule has 0 aliphatic heterocycles. The number of hydrogen-bond acceptors (Lipinski definition) is 3. The third-order valence-electron chi connectivity index (χ3n) is 2.38. The Kier molecular flexibility index (Phi) is 3.43. The number of thiazole rings is 1. The molecule has 1 aromatic heterocycles. The van der Waals surface area contributed by atoms with Gasteiger partial charge in [-0.15, -0.1) is 0 Å². The zero-order valence-electron chi connectivity index (χ0n) is 10.3. The van der Waals surface area contributed by atoms with Crippen LogP contribution in [0.4, 0.5) is 5.13 Å². The molecule has 0 saturated heterocycles. The van der Waals surface area contributed by atoms with Crippen molar-refractivity contribution in [3.8, 4) is 0 Å². The molecular formula is C13H16N2OS. The Bertz CT molecular complexity index is 545. The molecule has 0 unspecified atom stereocenters. The quantitative estimate of drug-likeness (QED) is 0.904. The molecule has 17 heavy (non-hydrogen) atoms. The number of carbonyl (C=O) groups excluding carboxylic acids is 1. The summed E-state index contributed by atoms with van der Waals surface area (Å²) in [5, 5.41) is 3.40. The van der Waals surface area contributed by atoms with Crippen LogP contribution in [0, 0.1) is 5.92 Å². The lowest BCUT2D eigenvalue weighted by atomic mass is 10.0. The minimum atomic E-state index is -0.0774. The Hall–Kier alpha value is -1.42. The molecule has 4 heteroatoms. The van der Waals surface area contributed by atoms with Crippen molar-refractivity contribution in [2.75, 3.05) is 5.32 Å². The number of anilines is 1. The van der Waals surface area contributed by atoms with Crippen LogP contribution in [-0.2, 0) is 11.2 Å². The van der Waals surface area contributed by atoms with Crippen LogP contribution in [0.1, 0.15) is 26.3 Å². The monoisotopic (exact) mass is 248 g/mol. The predicted octanol–water partition coefficient (Wildman–Crippen LogP) is 3.45. The van der Waals surface area contributed by atoms with Crippen LogP contribution in [-0.4, -0.2) is 10.9 Å². The predicted molar refractivity (Wildman–Crippen MR) is 72.5 cm³/mol. The highest BCUT2D eigenvalue weighted by molar-refractivity contribution is 7.22. The van der Waals surface area contributed by atoms with E-state index >= 15 is 0 Å². The maximum atomic E-state index is 11.0. The smallest absolute Gasteiger partial charge is 0.223 e. The van der Waals surface area contributed by atoms with E-state index in [0.29, 0.717) is 11.0 Å². The topological polar surface area (TPSA) is 42.0 Å². The lowest BCUT2D eigenvalue weighted by Gasteiger charge is -2.03. The van der Waals surface area contributed by atoms with Gasteiger partial charge < -0.3 is 5.32 Å². The average Bonchev–Trinajstić information content (AvgIpc) is 2.56. The van der Waals surface area contributed by atoms with Crippen LogP contribution in [0.2, 0.25) is 0 Å². The van der Waals surface area contributed by atoms with Crippen LogP contribution in [0.25, 0.3) is 10.2 Å². The maximum Gasteiger partial charge on any atom is 0.223 e. The first kappa shape index (κ1) is 12.0. The number of nitrogens with one attached hydrogen (secondary N) is 1. The first-order valence-electron chi connectivity index (χ1n) is 5.71. The molecule has 1 heterocycles. The molecule has 0 radical (unpaired) electrons. The molecule has 1 amide bonds. The maximum absolute atomic E-state index is 11.0. The van der Waals surface area contributed by atoms with Crippen molar-refractivity contribution in [3.63, 3.8) is 0 Å². The number of rotatable bonds is 3. The van der Waals surface area contributed by atoms with Gasteiger partial charge in [-0.3, -0.25) is 4.79 Å². The van der Waals surface area contributed by atoms with Gasteiger partial charge in [-0.05, 0) is 30.0 Å². The lowest BCUT2D eigenvalue weighted by molar-refractivity contribution is -0.114. The van der Waals surface area contributed by atoms with Gasteiger partial charge in [0.2, 0.25) is 5.91 Å². The van der Waals surface area contributed by atoms with Gasteiger partial charge in [-0.1, -0.05) is 31.3 Å². The number of nitrogens with zero attached hydrogens (tertiary/aromatic N) is 1. The molecule has 0 atom stereocenters. The van der Waals surface area contributed by atoms with E-state index in [2.05, 4.69) is 36.3 Å². The second-order valence-corrected chi connectivity index (χ2v) is 5.63. The zero-order chi connectivity index (χ0) is 12.4. The first-order chi connectivity index (χ1) is 8.04. The van der Waals surface area contributed by atoms with Crippen LogP contribution < -0.4 is 5.32 Å². The summed E-state index contributed by atoms with van der Waals surface area (Å²) in [5.41, 5.74) is 2.27. The molecule has 90 valence electrons. The van der Waals surface area contributed by atoms with Crippen LogP contribution in [0.5, 0.6) is 0 Å². The van der Waals surface area contributed by atoms with Gasteiger partial charge in [0.25, 0.3) is 0 Å². The van der Waals surface area contributed by atoms with Gasteiger partial charge in [0.1, 0.15) is 0 Å². The molecule has 0 aliphatic carbocycles. The van der Waals surface area contributed by atoms with E-state index in [1.54, 1.807) is 0 Å². The summed E-state index contributed by atoms with van der Waals surface area (Å²) in [6, 6.07) is 6.30. The molecule has 1 aromatic carbocycles. The van der Waals surface area contributed by atoms with Crippen molar-refractivity contribution >= 4 is 32.6 Å². The van der Waals surface area contributed by atoms with Crippen molar-refractivity contribution in [1.29, 1.82) is 0 Å². The molecule has 0 spiro atoms. The van der Waals surface area contributed by atoms with E-state index in [9.17, 15) is 4.79 Å². The van der Waals surface area contributed by atoms with E-state index in [1.807, 2.05) is 6.07 Å². The Morgan fingerprint density at radius 2 is 2.24 bits per heavy atom. The molecule has 2 rings (SSSR count). The summed E-state index contributed by atoms with van der Waals surface area (Å²) in [5.74, 6) is 0.571. The number of aromatic nitrogens is 1. The summed E-state index contributed by atoms with van der Waals surface area (Å²) in [6.45, 7) is 5.91. The van der Waals surface area contributed by atoms with Gasteiger partial charge in [0.15, 0.2) is 5.13 Å². The van der Waals surface area contributed by atoms with E-state index in [1.165, 1.54) is 23.8 Å². The fourth-order valence-electron chi connectivity index (χ4n) is 1.77. The van der Waals surface area contributed by atoms with Gasteiger partial charge in [0, 0.05) is 6.92 Å². The Balaban J connectivity index is 2.30. The van der Waals surface area contributed by atoms with E-state index in [0.717, 1.165) is 16.6 Å². The van der Waals surface area contributed by atoms with E-state index < -0.39 is 0 Å². The van der Waals surface area contributed by atoms with Crippen LogP contribution in [0.15, 0.2) is 18.2 Å².